The van der Waals surface area contributed by atoms with Gasteiger partial charge in [-0.1, -0.05) is 30.7 Å². The van der Waals surface area contributed by atoms with Crippen LogP contribution < -0.4 is 5.32 Å². The molecule has 0 aliphatic carbocycles. The highest BCUT2D eigenvalue weighted by molar-refractivity contribution is 5.23. The average Bonchev–Trinajstić information content (AvgIpc) is 1.97. The summed E-state index contributed by atoms with van der Waals surface area (Å²) >= 11 is 0. The van der Waals surface area contributed by atoms with Crippen molar-refractivity contribution >= 4 is 0 Å². The van der Waals surface area contributed by atoms with E-state index in [1.165, 1.54) is 11.1 Å². The molecule has 0 unspecified atom stereocenters. The van der Waals surface area contributed by atoms with Crippen LogP contribution in [-0.2, 0) is 0 Å². The van der Waals surface area contributed by atoms with E-state index in [-0.39, 0.29) is 0 Å². The van der Waals surface area contributed by atoms with Crippen molar-refractivity contribution in [1.82, 2.24) is 5.32 Å². The van der Waals surface area contributed by atoms with Crippen molar-refractivity contribution in [2.24, 2.45) is 0 Å². The van der Waals surface area contributed by atoms with Gasteiger partial charge in [-0.25, -0.2) is 0 Å². The largest absolute Gasteiger partial charge is 0.317 e. The molecule has 0 bridgehead atoms. The van der Waals surface area contributed by atoms with Gasteiger partial charge in [0, 0.05) is 0 Å². The van der Waals surface area contributed by atoms with Crippen molar-refractivity contribution in [3.8, 4) is 0 Å². The van der Waals surface area contributed by atoms with Gasteiger partial charge < -0.3 is 5.32 Å². The molecule has 64 valence electrons. The molecule has 0 atom stereocenters. The van der Waals surface area contributed by atoms with Gasteiger partial charge in [-0.05, 0) is 33.4 Å². The predicted molar refractivity (Wildman–Crippen MR) is 51.7 cm³/mol. The Balaban J connectivity index is 3.48. The molecule has 0 aliphatic heterocycles. The first-order valence-corrected chi connectivity index (χ1v) is 4.21. The second kappa shape index (κ2) is 6.17. The Morgan fingerprint density at radius 2 is 2.09 bits per heavy atom. The van der Waals surface area contributed by atoms with Crippen LogP contribution in [0.5, 0.6) is 0 Å². The summed E-state index contributed by atoms with van der Waals surface area (Å²) in [5.41, 5.74) is 2.48. The van der Waals surface area contributed by atoms with E-state index in [0.29, 0.717) is 0 Å². The van der Waals surface area contributed by atoms with E-state index in [4.69, 9.17) is 0 Å². The molecule has 0 aromatic carbocycles. The number of allylic oxidation sites excluding steroid dienone is 2. The number of hydrogen-bond donors (Lipinski definition) is 1. The molecule has 0 amide bonds. The van der Waals surface area contributed by atoms with Crippen LogP contribution in [0.15, 0.2) is 23.8 Å². The topological polar surface area (TPSA) is 12.0 Å². The Labute approximate surface area is 70.2 Å². The van der Waals surface area contributed by atoms with Gasteiger partial charge >= 0.3 is 0 Å². The van der Waals surface area contributed by atoms with E-state index in [2.05, 4.69) is 31.8 Å². The summed E-state index contributed by atoms with van der Waals surface area (Å²) in [5, 5.41) is 3.27. The van der Waals surface area contributed by atoms with E-state index < -0.39 is 0 Å². The summed E-state index contributed by atoms with van der Waals surface area (Å²) in [6.45, 7) is 12.3. The van der Waals surface area contributed by atoms with Gasteiger partial charge in [0.1, 0.15) is 0 Å². The Morgan fingerprint density at radius 3 is 2.55 bits per heavy atom. The van der Waals surface area contributed by atoms with E-state index >= 15 is 0 Å². The maximum atomic E-state index is 3.87. The number of nitrogens with one attached hydrogen (secondary N) is 1. The van der Waals surface area contributed by atoms with Gasteiger partial charge in [-0.15, -0.1) is 0 Å². The molecular formula is C10H19N. The second-order valence-corrected chi connectivity index (χ2v) is 2.81. The molecule has 1 heteroatoms. The van der Waals surface area contributed by atoms with Crippen LogP contribution in [-0.4, -0.2) is 13.1 Å². The zero-order valence-electron chi connectivity index (χ0n) is 7.91. The third-order valence-electron chi connectivity index (χ3n) is 1.69. The Morgan fingerprint density at radius 1 is 1.45 bits per heavy atom. The third kappa shape index (κ3) is 5.86. The standard InChI is InChI=1S/C10H19N/c1-5-11-8-6-7-10(4)9(2)3/h7,11H,2,5-6,8H2,1,3-4H3. The molecular weight excluding hydrogens is 134 g/mol. The maximum Gasteiger partial charge on any atom is -0.00142 e. The third-order valence-corrected chi connectivity index (χ3v) is 1.69. The van der Waals surface area contributed by atoms with Crippen molar-refractivity contribution in [3.05, 3.63) is 23.8 Å². The SMILES string of the molecule is C=C(C)C(C)=CCCNCC. The first kappa shape index (κ1) is 10.4. The molecule has 0 aromatic heterocycles. The lowest BCUT2D eigenvalue weighted by molar-refractivity contribution is 0.725. The zero-order valence-corrected chi connectivity index (χ0v) is 7.91. The molecule has 11 heavy (non-hydrogen) atoms. The molecule has 0 radical (unpaired) electrons. The molecule has 0 aromatic rings. The molecule has 0 heterocycles. The highest BCUT2D eigenvalue weighted by atomic mass is 14.8. The molecule has 0 rings (SSSR count). The predicted octanol–water partition coefficient (Wildman–Crippen LogP) is 2.51. The van der Waals surface area contributed by atoms with Gasteiger partial charge in [-0.2, -0.15) is 0 Å². The minimum atomic E-state index is 1.06. The zero-order chi connectivity index (χ0) is 8.69. The lowest BCUT2D eigenvalue weighted by Gasteiger charge is -1.99. The summed E-state index contributed by atoms with van der Waals surface area (Å²) in [6, 6.07) is 0. The van der Waals surface area contributed by atoms with Gasteiger partial charge in [0.2, 0.25) is 0 Å². The number of hydrogen-bond acceptors (Lipinski definition) is 1. The van der Waals surface area contributed by atoms with E-state index in [1.54, 1.807) is 0 Å². The first-order chi connectivity index (χ1) is 5.18. The average molecular weight is 153 g/mol. The van der Waals surface area contributed by atoms with Crippen molar-refractivity contribution < 1.29 is 0 Å². The highest BCUT2D eigenvalue weighted by Gasteiger charge is 1.87. The van der Waals surface area contributed by atoms with Crippen molar-refractivity contribution in [1.29, 1.82) is 0 Å². The summed E-state index contributed by atoms with van der Waals surface area (Å²) in [4.78, 5) is 0. The molecule has 1 N–H and O–H groups in total. The van der Waals surface area contributed by atoms with Gasteiger partial charge in [0.25, 0.3) is 0 Å². The van der Waals surface area contributed by atoms with Gasteiger partial charge in [0.15, 0.2) is 0 Å². The van der Waals surface area contributed by atoms with Crippen LogP contribution in [0.3, 0.4) is 0 Å². The molecule has 1 nitrogen and oxygen atoms in total. The van der Waals surface area contributed by atoms with Gasteiger partial charge in [0.05, 0.1) is 0 Å². The summed E-state index contributed by atoms with van der Waals surface area (Å²) in [7, 11) is 0. The highest BCUT2D eigenvalue weighted by Crippen LogP contribution is 2.04. The monoisotopic (exact) mass is 153 g/mol. The van der Waals surface area contributed by atoms with Crippen LogP contribution in [0.25, 0.3) is 0 Å². The molecule has 0 aliphatic rings. The Bertz CT molecular complexity index is 145. The lowest BCUT2D eigenvalue weighted by atomic mass is 10.1. The van der Waals surface area contributed by atoms with E-state index in [9.17, 15) is 0 Å². The van der Waals surface area contributed by atoms with Crippen molar-refractivity contribution in [2.75, 3.05) is 13.1 Å². The van der Waals surface area contributed by atoms with Crippen LogP contribution >= 0.6 is 0 Å². The van der Waals surface area contributed by atoms with Crippen molar-refractivity contribution in [3.63, 3.8) is 0 Å². The van der Waals surface area contributed by atoms with Gasteiger partial charge in [-0.3, -0.25) is 0 Å². The maximum absolute atomic E-state index is 3.87. The lowest BCUT2D eigenvalue weighted by Crippen LogP contribution is -2.13. The first-order valence-electron chi connectivity index (χ1n) is 4.21. The smallest absolute Gasteiger partial charge is 0.00142 e. The van der Waals surface area contributed by atoms with Crippen LogP contribution in [0.4, 0.5) is 0 Å². The number of rotatable bonds is 5. The van der Waals surface area contributed by atoms with E-state index in [1.807, 2.05) is 6.92 Å². The minimum absolute atomic E-state index is 1.06. The fourth-order valence-corrected chi connectivity index (χ4v) is 0.742. The normalized spacial score (nSPS) is 11.7. The van der Waals surface area contributed by atoms with Crippen LogP contribution in [0.1, 0.15) is 27.2 Å². The quantitative estimate of drug-likeness (QED) is 0.472. The second-order valence-electron chi connectivity index (χ2n) is 2.81. The summed E-state index contributed by atoms with van der Waals surface area (Å²) in [6.07, 6.45) is 3.33. The minimum Gasteiger partial charge on any atom is -0.317 e. The fraction of sp³-hybridized carbons (Fsp3) is 0.600. The van der Waals surface area contributed by atoms with Crippen LogP contribution in [0, 0.1) is 0 Å². The van der Waals surface area contributed by atoms with E-state index in [0.717, 1.165) is 19.5 Å². The van der Waals surface area contributed by atoms with Crippen LogP contribution in [0.2, 0.25) is 0 Å². The molecule has 0 saturated heterocycles. The van der Waals surface area contributed by atoms with Crippen molar-refractivity contribution in [2.45, 2.75) is 27.2 Å². The summed E-state index contributed by atoms with van der Waals surface area (Å²) in [5.74, 6) is 0. The summed E-state index contributed by atoms with van der Waals surface area (Å²) < 4.78 is 0. The fourth-order valence-electron chi connectivity index (χ4n) is 0.742. The Hall–Kier alpha value is -0.560. The molecule has 0 saturated carbocycles. The molecule has 0 fully saturated rings. The Kier molecular flexibility index (Phi) is 5.86. The molecule has 0 spiro atoms.